The number of rotatable bonds is 1. The van der Waals surface area contributed by atoms with Crippen LogP contribution in [0.25, 0.3) is 0 Å². The number of phenols is 2. The van der Waals surface area contributed by atoms with Crippen LogP contribution in [-0.4, -0.2) is 28.8 Å². The fourth-order valence-electron chi connectivity index (χ4n) is 2.44. The molecule has 100 valence electrons. The van der Waals surface area contributed by atoms with Gasteiger partial charge in [-0.2, -0.15) is 5.10 Å². The van der Waals surface area contributed by atoms with Crippen LogP contribution in [0.4, 0.5) is 0 Å². The number of aromatic hydroxyl groups is 2. The quantitative estimate of drug-likeness (QED) is 0.462. The number of phenolic OH excluding ortho intramolecular Hbond substituents is 2. The number of carbonyl (C=O) groups excluding carboxylic acids is 1. The van der Waals surface area contributed by atoms with Crippen LogP contribution in [-0.2, 0) is 0 Å². The van der Waals surface area contributed by atoms with Crippen molar-refractivity contribution in [2.75, 3.05) is 7.05 Å². The Morgan fingerprint density at radius 2 is 1.55 bits per heavy atom. The topological polar surface area (TPSA) is 81.9 Å². The maximum Gasteiger partial charge on any atom is 0.198 e. The molecule has 0 saturated heterocycles. The summed E-state index contributed by atoms with van der Waals surface area (Å²) < 4.78 is 0. The van der Waals surface area contributed by atoms with E-state index < -0.39 is 0 Å². The number of nitrogens with one attached hydrogen (secondary N) is 1. The fourth-order valence-corrected chi connectivity index (χ4v) is 2.44. The van der Waals surface area contributed by atoms with Crippen LogP contribution in [0.3, 0.4) is 0 Å². The van der Waals surface area contributed by atoms with Gasteiger partial charge in [-0.25, -0.2) is 0 Å². The number of hydrazone groups is 1. The van der Waals surface area contributed by atoms with E-state index in [0.29, 0.717) is 16.8 Å². The SMILES string of the molecule is CN/N=C1/c2ccccc2C(=O)c2c(O)ccc(O)c21. The average Bonchev–Trinajstić information content (AvgIpc) is 2.46. The van der Waals surface area contributed by atoms with Gasteiger partial charge in [0.2, 0.25) is 0 Å². The first-order valence-electron chi connectivity index (χ1n) is 6.09. The van der Waals surface area contributed by atoms with E-state index >= 15 is 0 Å². The van der Waals surface area contributed by atoms with Gasteiger partial charge in [0.05, 0.1) is 11.1 Å². The number of fused-ring (bicyclic) bond motifs is 2. The molecule has 0 atom stereocenters. The summed E-state index contributed by atoms with van der Waals surface area (Å²) in [4.78, 5) is 12.5. The van der Waals surface area contributed by atoms with Crippen molar-refractivity contribution in [1.29, 1.82) is 0 Å². The summed E-state index contributed by atoms with van der Waals surface area (Å²) >= 11 is 0. The molecule has 0 bridgehead atoms. The Morgan fingerprint density at radius 3 is 2.20 bits per heavy atom. The van der Waals surface area contributed by atoms with Gasteiger partial charge >= 0.3 is 0 Å². The number of carbonyl (C=O) groups is 1. The van der Waals surface area contributed by atoms with Crippen molar-refractivity contribution in [3.8, 4) is 11.5 Å². The summed E-state index contributed by atoms with van der Waals surface area (Å²) in [5, 5.41) is 24.2. The van der Waals surface area contributed by atoms with E-state index in [-0.39, 0.29) is 28.4 Å². The predicted molar refractivity (Wildman–Crippen MR) is 74.3 cm³/mol. The third-order valence-electron chi connectivity index (χ3n) is 3.28. The molecule has 5 heteroatoms. The van der Waals surface area contributed by atoms with Crippen LogP contribution >= 0.6 is 0 Å². The third-order valence-corrected chi connectivity index (χ3v) is 3.28. The molecule has 0 aromatic heterocycles. The predicted octanol–water partition coefficient (Wildman–Crippen LogP) is 1.61. The summed E-state index contributed by atoms with van der Waals surface area (Å²) in [6.07, 6.45) is 0. The van der Waals surface area contributed by atoms with Crippen LogP contribution in [0.15, 0.2) is 41.5 Å². The van der Waals surface area contributed by atoms with Crippen LogP contribution in [0.5, 0.6) is 11.5 Å². The van der Waals surface area contributed by atoms with Crippen molar-refractivity contribution >= 4 is 11.5 Å². The van der Waals surface area contributed by atoms with Gasteiger partial charge < -0.3 is 15.6 Å². The first-order chi connectivity index (χ1) is 9.65. The summed E-state index contributed by atoms with van der Waals surface area (Å²) in [5.41, 5.74) is 4.51. The van der Waals surface area contributed by atoms with E-state index in [0.717, 1.165) is 0 Å². The minimum Gasteiger partial charge on any atom is -0.507 e. The van der Waals surface area contributed by atoms with Crippen molar-refractivity contribution in [2.45, 2.75) is 0 Å². The lowest BCUT2D eigenvalue weighted by atomic mass is 9.82. The lowest BCUT2D eigenvalue weighted by Gasteiger charge is -2.21. The normalized spacial score (nSPS) is 14.8. The molecule has 0 heterocycles. The highest BCUT2D eigenvalue weighted by molar-refractivity contribution is 6.31. The molecule has 0 fully saturated rings. The Balaban J connectivity index is 2.42. The highest BCUT2D eigenvalue weighted by Crippen LogP contribution is 2.37. The highest BCUT2D eigenvalue weighted by atomic mass is 16.3. The Morgan fingerprint density at radius 1 is 0.950 bits per heavy atom. The molecule has 2 aromatic rings. The summed E-state index contributed by atoms with van der Waals surface area (Å²) in [6.45, 7) is 0. The molecule has 1 aliphatic carbocycles. The first-order valence-corrected chi connectivity index (χ1v) is 6.09. The van der Waals surface area contributed by atoms with Crippen molar-refractivity contribution in [1.82, 2.24) is 5.43 Å². The molecule has 0 amide bonds. The molecular weight excluding hydrogens is 256 g/mol. The second-order valence-electron chi connectivity index (χ2n) is 4.41. The van der Waals surface area contributed by atoms with Crippen molar-refractivity contribution in [3.63, 3.8) is 0 Å². The van der Waals surface area contributed by atoms with E-state index in [2.05, 4.69) is 10.5 Å². The highest BCUT2D eigenvalue weighted by Gasteiger charge is 2.32. The van der Waals surface area contributed by atoms with E-state index in [1.807, 2.05) is 0 Å². The van der Waals surface area contributed by atoms with Crippen molar-refractivity contribution < 1.29 is 15.0 Å². The van der Waals surface area contributed by atoms with Gasteiger partial charge in [-0.1, -0.05) is 24.3 Å². The lowest BCUT2D eigenvalue weighted by Crippen LogP contribution is -2.23. The zero-order valence-electron chi connectivity index (χ0n) is 10.7. The molecule has 5 nitrogen and oxygen atoms in total. The molecule has 0 radical (unpaired) electrons. The Kier molecular flexibility index (Phi) is 2.68. The second-order valence-corrected chi connectivity index (χ2v) is 4.41. The number of nitrogens with zero attached hydrogens (tertiary/aromatic N) is 1. The van der Waals surface area contributed by atoms with Gasteiger partial charge in [-0.3, -0.25) is 4.79 Å². The van der Waals surface area contributed by atoms with E-state index in [9.17, 15) is 15.0 Å². The Labute approximate surface area is 115 Å². The van der Waals surface area contributed by atoms with Crippen molar-refractivity contribution in [3.05, 3.63) is 58.7 Å². The maximum absolute atomic E-state index is 12.5. The molecule has 3 rings (SSSR count). The number of hydrogen-bond donors (Lipinski definition) is 3. The summed E-state index contributed by atoms with van der Waals surface area (Å²) in [6, 6.07) is 9.63. The van der Waals surface area contributed by atoms with E-state index in [4.69, 9.17) is 0 Å². The van der Waals surface area contributed by atoms with Crippen molar-refractivity contribution in [2.24, 2.45) is 5.10 Å². The summed E-state index contributed by atoms with van der Waals surface area (Å²) in [5.74, 6) is -0.574. The van der Waals surface area contributed by atoms with Crippen LogP contribution in [0.1, 0.15) is 27.0 Å². The molecule has 2 aromatic carbocycles. The zero-order chi connectivity index (χ0) is 14.3. The maximum atomic E-state index is 12.5. The Hall–Kier alpha value is -2.82. The largest absolute Gasteiger partial charge is 0.507 e. The Bertz CT molecular complexity index is 751. The lowest BCUT2D eigenvalue weighted by molar-refractivity contribution is 0.103. The molecule has 0 spiro atoms. The molecular formula is C15H12N2O3. The van der Waals surface area contributed by atoms with Gasteiger partial charge in [0, 0.05) is 18.2 Å². The monoisotopic (exact) mass is 268 g/mol. The molecule has 0 aliphatic heterocycles. The standard InChI is InChI=1S/C15H12N2O3/c1-16-17-14-8-4-2-3-5-9(8)15(20)13-11(19)7-6-10(18)12(13)14/h2-7,16,18-19H,1H3/b17-14-. The van der Waals surface area contributed by atoms with Crippen LogP contribution in [0, 0.1) is 0 Å². The van der Waals surface area contributed by atoms with Gasteiger partial charge in [-0.15, -0.1) is 0 Å². The minimum absolute atomic E-state index is 0.0812. The average molecular weight is 268 g/mol. The van der Waals surface area contributed by atoms with Gasteiger partial charge in [0.1, 0.15) is 17.2 Å². The zero-order valence-corrected chi connectivity index (χ0v) is 10.7. The molecule has 3 N–H and O–H groups in total. The minimum atomic E-state index is -0.320. The van der Waals surface area contributed by atoms with Gasteiger partial charge in [0.25, 0.3) is 0 Å². The molecule has 0 unspecified atom stereocenters. The number of benzene rings is 2. The molecule has 1 aliphatic rings. The fraction of sp³-hybridized carbons (Fsp3) is 0.0667. The third kappa shape index (κ3) is 1.56. The number of hydrogen-bond acceptors (Lipinski definition) is 5. The summed E-state index contributed by atoms with van der Waals surface area (Å²) in [7, 11) is 1.63. The van der Waals surface area contributed by atoms with Crippen LogP contribution in [0.2, 0.25) is 0 Å². The van der Waals surface area contributed by atoms with E-state index in [1.54, 1.807) is 31.3 Å². The van der Waals surface area contributed by atoms with Gasteiger partial charge in [-0.05, 0) is 12.1 Å². The van der Waals surface area contributed by atoms with Crippen LogP contribution < -0.4 is 5.43 Å². The number of ketones is 1. The first kappa shape index (κ1) is 12.2. The van der Waals surface area contributed by atoms with E-state index in [1.165, 1.54) is 12.1 Å². The van der Waals surface area contributed by atoms with Gasteiger partial charge in [0.15, 0.2) is 5.78 Å². The second kappa shape index (κ2) is 4.38. The molecule has 20 heavy (non-hydrogen) atoms. The molecule has 0 saturated carbocycles. The smallest absolute Gasteiger partial charge is 0.198 e.